The molecular formula is C22H22ClN3O2. The van der Waals surface area contributed by atoms with E-state index in [0.717, 1.165) is 28.3 Å². The molecule has 0 bridgehead atoms. The number of carbonyl (C=O) groups is 1. The van der Waals surface area contributed by atoms with Crippen LogP contribution in [0.25, 0.3) is 6.08 Å². The van der Waals surface area contributed by atoms with Gasteiger partial charge in [0.05, 0.1) is 7.11 Å². The lowest BCUT2D eigenvalue weighted by molar-refractivity contribution is -0.117. The van der Waals surface area contributed by atoms with E-state index in [-0.39, 0.29) is 11.9 Å². The van der Waals surface area contributed by atoms with Crippen LogP contribution in [0.3, 0.4) is 0 Å². The number of amides is 1. The van der Waals surface area contributed by atoms with E-state index < -0.39 is 0 Å². The summed E-state index contributed by atoms with van der Waals surface area (Å²) in [7, 11) is 3.52. The Morgan fingerprint density at radius 2 is 2.00 bits per heavy atom. The molecule has 3 rings (SSSR count). The van der Waals surface area contributed by atoms with Gasteiger partial charge in [0.25, 0.3) is 0 Å². The quantitative estimate of drug-likeness (QED) is 0.633. The van der Waals surface area contributed by atoms with E-state index in [0.29, 0.717) is 5.02 Å². The van der Waals surface area contributed by atoms with Crippen molar-refractivity contribution in [1.82, 2.24) is 14.9 Å². The van der Waals surface area contributed by atoms with Crippen molar-refractivity contribution >= 4 is 23.6 Å². The van der Waals surface area contributed by atoms with Gasteiger partial charge in [-0.1, -0.05) is 35.9 Å². The standard InChI is InChI=1S/C22H22ClN3O2/c1-15-4-5-16(14-19(15)23)6-11-20(27)25-21(22-24-12-13-26(22)2)17-7-9-18(28-3)10-8-17/h4-14,21H,1-3H3,(H,25,27)/b11-6+. The number of benzene rings is 2. The molecule has 1 heterocycles. The molecule has 6 heteroatoms. The van der Waals surface area contributed by atoms with Crippen LogP contribution in [0.15, 0.2) is 60.9 Å². The lowest BCUT2D eigenvalue weighted by atomic mass is 10.1. The van der Waals surface area contributed by atoms with Crippen molar-refractivity contribution in [1.29, 1.82) is 0 Å². The Hall–Kier alpha value is -3.05. The lowest BCUT2D eigenvalue weighted by Gasteiger charge is -2.18. The zero-order valence-electron chi connectivity index (χ0n) is 16.0. The number of methoxy groups -OCH3 is 1. The fraction of sp³-hybridized carbons (Fsp3) is 0.182. The molecule has 1 atom stereocenters. The first kappa shape index (κ1) is 19.7. The number of hydrogen-bond donors (Lipinski definition) is 1. The summed E-state index contributed by atoms with van der Waals surface area (Å²) in [6.45, 7) is 1.94. The van der Waals surface area contributed by atoms with Gasteiger partial charge in [-0.15, -0.1) is 0 Å². The van der Waals surface area contributed by atoms with Crippen LogP contribution >= 0.6 is 11.6 Å². The second-order valence-electron chi connectivity index (χ2n) is 6.45. The first-order chi connectivity index (χ1) is 13.5. The highest BCUT2D eigenvalue weighted by atomic mass is 35.5. The number of aromatic nitrogens is 2. The molecule has 1 N–H and O–H groups in total. The summed E-state index contributed by atoms with van der Waals surface area (Å²) in [6.07, 6.45) is 6.80. The van der Waals surface area contributed by atoms with Gasteiger partial charge in [0.2, 0.25) is 5.91 Å². The van der Waals surface area contributed by atoms with Crippen LogP contribution in [-0.4, -0.2) is 22.6 Å². The van der Waals surface area contributed by atoms with Gasteiger partial charge in [0.1, 0.15) is 17.6 Å². The molecule has 1 unspecified atom stereocenters. The van der Waals surface area contributed by atoms with Gasteiger partial charge in [-0.2, -0.15) is 0 Å². The monoisotopic (exact) mass is 395 g/mol. The number of nitrogens with zero attached hydrogens (tertiary/aromatic N) is 2. The molecule has 5 nitrogen and oxygen atoms in total. The summed E-state index contributed by atoms with van der Waals surface area (Å²) in [5, 5.41) is 3.70. The molecule has 1 amide bonds. The Bertz CT molecular complexity index is 993. The molecule has 1 aromatic heterocycles. The van der Waals surface area contributed by atoms with Gasteiger partial charge >= 0.3 is 0 Å². The van der Waals surface area contributed by atoms with Crippen LogP contribution in [0.1, 0.15) is 28.6 Å². The summed E-state index contributed by atoms with van der Waals surface area (Å²) < 4.78 is 7.11. The first-order valence-corrected chi connectivity index (χ1v) is 9.21. The van der Waals surface area contributed by atoms with E-state index >= 15 is 0 Å². The lowest BCUT2D eigenvalue weighted by Crippen LogP contribution is -2.29. The van der Waals surface area contributed by atoms with Gasteiger partial charge in [-0.05, 0) is 47.9 Å². The third-order valence-electron chi connectivity index (χ3n) is 4.48. The van der Waals surface area contributed by atoms with Gasteiger partial charge in [0, 0.05) is 30.5 Å². The first-order valence-electron chi connectivity index (χ1n) is 8.84. The molecular weight excluding hydrogens is 374 g/mol. The van der Waals surface area contributed by atoms with Crippen molar-refractivity contribution in [3.63, 3.8) is 0 Å². The molecule has 144 valence electrons. The molecule has 0 radical (unpaired) electrons. The van der Waals surface area contributed by atoms with Crippen LogP contribution in [-0.2, 0) is 11.8 Å². The molecule has 0 aliphatic heterocycles. The Morgan fingerprint density at radius 3 is 2.61 bits per heavy atom. The summed E-state index contributed by atoms with van der Waals surface area (Å²) in [4.78, 5) is 17.0. The van der Waals surface area contributed by atoms with Gasteiger partial charge < -0.3 is 14.6 Å². The third kappa shape index (κ3) is 4.61. The summed E-state index contributed by atoms with van der Waals surface area (Å²) >= 11 is 6.15. The van der Waals surface area contributed by atoms with Gasteiger partial charge in [-0.3, -0.25) is 4.79 Å². The van der Waals surface area contributed by atoms with Crippen molar-refractivity contribution in [2.75, 3.05) is 7.11 Å². The van der Waals surface area contributed by atoms with Crippen LogP contribution in [0.4, 0.5) is 0 Å². The van der Waals surface area contributed by atoms with Crippen LogP contribution < -0.4 is 10.1 Å². The molecule has 0 fully saturated rings. The Labute approximate surface area is 169 Å². The van der Waals surface area contributed by atoms with Crippen LogP contribution in [0.5, 0.6) is 5.75 Å². The summed E-state index contributed by atoms with van der Waals surface area (Å²) in [5.74, 6) is 1.27. The highest BCUT2D eigenvalue weighted by molar-refractivity contribution is 6.31. The van der Waals surface area contributed by atoms with Crippen molar-refractivity contribution in [2.45, 2.75) is 13.0 Å². The minimum absolute atomic E-state index is 0.222. The number of carbonyl (C=O) groups excluding carboxylic acids is 1. The molecule has 0 aliphatic carbocycles. The fourth-order valence-corrected chi connectivity index (χ4v) is 3.01. The number of nitrogens with one attached hydrogen (secondary N) is 1. The number of ether oxygens (including phenoxy) is 1. The highest BCUT2D eigenvalue weighted by Crippen LogP contribution is 2.23. The molecule has 0 saturated carbocycles. The van der Waals surface area contributed by atoms with Crippen LogP contribution in [0, 0.1) is 6.92 Å². The maximum absolute atomic E-state index is 12.6. The topological polar surface area (TPSA) is 56.1 Å². The van der Waals surface area contributed by atoms with Gasteiger partial charge in [-0.25, -0.2) is 4.98 Å². The predicted molar refractivity (Wildman–Crippen MR) is 111 cm³/mol. The van der Waals surface area contributed by atoms with Crippen LogP contribution in [0.2, 0.25) is 5.02 Å². The van der Waals surface area contributed by atoms with E-state index in [2.05, 4.69) is 10.3 Å². The minimum Gasteiger partial charge on any atom is -0.497 e. The molecule has 0 spiro atoms. The molecule has 28 heavy (non-hydrogen) atoms. The number of hydrogen-bond acceptors (Lipinski definition) is 3. The zero-order chi connectivity index (χ0) is 20.1. The smallest absolute Gasteiger partial charge is 0.244 e. The second-order valence-corrected chi connectivity index (χ2v) is 6.86. The van der Waals surface area contributed by atoms with Crippen molar-refractivity contribution in [3.8, 4) is 5.75 Å². The maximum Gasteiger partial charge on any atom is 0.244 e. The predicted octanol–water partition coefficient (Wildman–Crippen LogP) is 4.31. The van der Waals surface area contributed by atoms with E-state index in [4.69, 9.17) is 16.3 Å². The molecule has 3 aromatic rings. The second kappa shape index (κ2) is 8.76. The normalized spacial score (nSPS) is 12.1. The Morgan fingerprint density at radius 1 is 1.25 bits per heavy atom. The largest absolute Gasteiger partial charge is 0.497 e. The fourth-order valence-electron chi connectivity index (χ4n) is 2.82. The van der Waals surface area contributed by atoms with E-state index in [9.17, 15) is 4.79 Å². The third-order valence-corrected chi connectivity index (χ3v) is 4.88. The minimum atomic E-state index is -0.385. The van der Waals surface area contributed by atoms with Gasteiger partial charge in [0.15, 0.2) is 0 Å². The SMILES string of the molecule is COc1ccc(C(NC(=O)/C=C/c2ccc(C)c(Cl)c2)c2nccn2C)cc1. The Kier molecular flexibility index (Phi) is 6.16. The average Bonchev–Trinajstić information content (AvgIpc) is 3.13. The average molecular weight is 396 g/mol. The van der Waals surface area contributed by atoms with Crippen molar-refractivity contribution in [2.24, 2.45) is 7.05 Å². The summed E-state index contributed by atoms with van der Waals surface area (Å²) in [5.41, 5.74) is 2.77. The van der Waals surface area contributed by atoms with Crippen molar-refractivity contribution in [3.05, 3.63) is 88.5 Å². The number of rotatable bonds is 6. The van der Waals surface area contributed by atoms with E-state index in [1.807, 2.05) is 67.2 Å². The molecule has 2 aromatic carbocycles. The van der Waals surface area contributed by atoms with E-state index in [1.54, 1.807) is 19.4 Å². The Balaban J connectivity index is 1.82. The number of aryl methyl sites for hydroxylation is 2. The number of imidazole rings is 1. The maximum atomic E-state index is 12.6. The number of halogens is 1. The summed E-state index contributed by atoms with van der Waals surface area (Å²) in [6, 6.07) is 12.9. The highest BCUT2D eigenvalue weighted by Gasteiger charge is 2.20. The molecule has 0 aliphatic rings. The van der Waals surface area contributed by atoms with E-state index in [1.165, 1.54) is 6.08 Å². The van der Waals surface area contributed by atoms with Crippen molar-refractivity contribution < 1.29 is 9.53 Å². The molecule has 0 saturated heterocycles. The zero-order valence-corrected chi connectivity index (χ0v) is 16.8.